The second-order valence-corrected chi connectivity index (χ2v) is 9.01. The molecular formula is C26H36N4O4S. The molecule has 1 aliphatic rings. The zero-order valence-corrected chi connectivity index (χ0v) is 22.1. The molecular weight excluding hydrogens is 464 g/mol. The van der Waals surface area contributed by atoms with Gasteiger partial charge in [-0.25, -0.2) is 0 Å². The van der Waals surface area contributed by atoms with Gasteiger partial charge in [0, 0.05) is 38.4 Å². The summed E-state index contributed by atoms with van der Waals surface area (Å²) in [7, 11) is 4.79. The standard InChI is InChI=1S/C26H36N4O4S/c1-18-8-6-9-19(2)24(18)28-23(31)17-29-10-7-11-30(13-12-29)26(35)27-16-20-14-21(32-3)25(34-5)22(15-20)33-4/h6,8-9,14-15H,7,10-13,16-17H2,1-5H3,(H,27,35)(H,28,31). The highest BCUT2D eigenvalue weighted by atomic mass is 32.1. The number of thiocarbonyl (C=S) groups is 1. The lowest BCUT2D eigenvalue weighted by Gasteiger charge is -2.25. The van der Waals surface area contributed by atoms with Crippen LogP contribution in [-0.2, 0) is 11.3 Å². The van der Waals surface area contributed by atoms with E-state index in [2.05, 4.69) is 20.4 Å². The first-order valence-electron chi connectivity index (χ1n) is 11.8. The molecule has 0 atom stereocenters. The van der Waals surface area contributed by atoms with Crippen LogP contribution in [0.15, 0.2) is 30.3 Å². The predicted molar refractivity (Wildman–Crippen MR) is 143 cm³/mol. The first kappa shape index (κ1) is 26.6. The number of ether oxygens (including phenoxy) is 3. The largest absolute Gasteiger partial charge is 0.493 e. The summed E-state index contributed by atoms with van der Waals surface area (Å²) in [6.07, 6.45) is 0.933. The van der Waals surface area contributed by atoms with Crippen LogP contribution in [0.3, 0.4) is 0 Å². The van der Waals surface area contributed by atoms with Crippen molar-refractivity contribution >= 4 is 28.9 Å². The van der Waals surface area contributed by atoms with Crippen molar-refractivity contribution in [1.29, 1.82) is 0 Å². The van der Waals surface area contributed by atoms with Gasteiger partial charge in [-0.1, -0.05) is 18.2 Å². The normalized spacial score (nSPS) is 14.1. The number of anilines is 1. The lowest BCUT2D eigenvalue weighted by molar-refractivity contribution is -0.117. The van der Waals surface area contributed by atoms with E-state index in [-0.39, 0.29) is 5.91 Å². The van der Waals surface area contributed by atoms with Crippen LogP contribution in [0.4, 0.5) is 5.69 Å². The van der Waals surface area contributed by atoms with Crippen molar-refractivity contribution < 1.29 is 19.0 Å². The second kappa shape index (κ2) is 12.6. The summed E-state index contributed by atoms with van der Waals surface area (Å²) in [5, 5.41) is 7.12. The molecule has 0 aliphatic carbocycles. The summed E-state index contributed by atoms with van der Waals surface area (Å²) in [4.78, 5) is 17.0. The summed E-state index contributed by atoms with van der Waals surface area (Å²) >= 11 is 5.68. The van der Waals surface area contributed by atoms with Gasteiger partial charge in [0.1, 0.15) is 0 Å². The monoisotopic (exact) mass is 500 g/mol. The van der Waals surface area contributed by atoms with E-state index < -0.39 is 0 Å². The van der Waals surface area contributed by atoms with Crippen LogP contribution in [0.1, 0.15) is 23.1 Å². The topological polar surface area (TPSA) is 75.3 Å². The smallest absolute Gasteiger partial charge is 0.238 e. The Bertz CT molecular complexity index is 1000. The Morgan fingerprint density at radius 1 is 0.971 bits per heavy atom. The molecule has 1 aliphatic heterocycles. The van der Waals surface area contributed by atoms with Crippen LogP contribution in [0.5, 0.6) is 17.2 Å². The summed E-state index contributed by atoms with van der Waals surface area (Å²) in [5.74, 6) is 1.80. The molecule has 190 valence electrons. The van der Waals surface area contributed by atoms with Gasteiger partial charge in [-0.3, -0.25) is 9.69 Å². The number of benzene rings is 2. The maximum Gasteiger partial charge on any atom is 0.238 e. The number of carbonyl (C=O) groups excluding carboxylic acids is 1. The summed E-state index contributed by atoms with van der Waals surface area (Å²) < 4.78 is 16.3. The van der Waals surface area contributed by atoms with Crippen molar-refractivity contribution in [3.63, 3.8) is 0 Å². The molecule has 8 nitrogen and oxygen atoms in total. The van der Waals surface area contributed by atoms with Gasteiger partial charge in [-0.15, -0.1) is 0 Å². The molecule has 1 saturated heterocycles. The van der Waals surface area contributed by atoms with Gasteiger partial charge in [0.25, 0.3) is 0 Å². The van der Waals surface area contributed by atoms with Gasteiger partial charge in [0.2, 0.25) is 11.7 Å². The third kappa shape index (κ3) is 6.99. The molecule has 1 amide bonds. The van der Waals surface area contributed by atoms with Crippen LogP contribution < -0.4 is 24.8 Å². The fourth-order valence-corrected chi connectivity index (χ4v) is 4.51. The summed E-state index contributed by atoms with van der Waals surface area (Å²) in [6, 6.07) is 9.85. The van der Waals surface area contributed by atoms with E-state index in [1.165, 1.54) is 0 Å². The molecule has 1 fully saturated rings. The van der Waals surface area contributed by atoms with Gasteiger partial charge < -0.3 is 29.7 Å². The van der Waals surface area contributed by atoms with E-state index in [4.69, 9.17) is 26.4 Å². The average Bonchev–Trinajstić information content (AvgIpc) is 3.09. The molecule has 2 N–H and O–H groups in total. The number of nitrogens with one attached hydrogen (secondary N) is 2. The molecule has 0 saturated carbocycles. The molecule has 1 heterocycles. The summed E-state index contributed by atoms with van der Waals surface area (Å²) in [6.45, 7) is 8.16. The zero-order valence-electron chi connectivity index (χ0n) is 21.3. The highest BCUT2D eigenvalue weighted by Gasteiger charge is 2.20. The van der Waals surface area contributed by atoms with E-state index in [0.717, 1.165) is 55.0 Å². The van der Waals surface area contributed by atoms with Crippen LogP contribution in [-0.4, -0.2) is 74.9 Å². The molecule has 35 heavy (non-hydrogen) atoms. The van der Waals surface area contributed by atoms with Crippen molar-refractivity contribution in [3.8, 4) is 17.2 Å². The number of para-hydroxylation sites is 1. The summed E-state index contributed by atoms with van der Waals surface area (Å²) in [5.41, 5.74) is 4.03. The number of hydrogen-bond donors (Lipinski definition) is 2. The van der Waals surface area contributed by atoms with Crippen LogP contribution >= 0.6 is 12.2 Å². The van der Waals surface area contributed by atoms with Crippen molar-refractivity contribution in [2.45, 2.75) is 26.8 Å². The van der Waals surface area contributed by atoms with Gasteiger partial charge in [0.05, 0.1) is 27.9 Å². The average molecular weight is 501 g/mol. The third-order valence-electron chi connectivity index (χ3n) is 6.16. The van der Waals surface area contributed by atoms with Gasteiger partial charge >= 0.3 is 0 Å². The Kier molecular flexibility index (Phi) is 9.56. The number of methoxy groups -OCH3 is 3. The molecule has 0 bridgehead atoms. The van der Waals surface area contributed by atoms with Crippen molar-refractivity contribution in [3.05, 3.63) is 47.0 Å². The third-order valence-corrected chi connectivity index (χ3v) is 6.56. The predicted octanol–water partition coefficient (Wildman–Crippen LogP) is 3.35. The minimum absolute atomic E-state index is 0.0129. The quantitative estimate of drug-likeness (QED) is 0.535. The fraction of sp³-hybridized carbons (Fsp3) is 0.462. The number of hydrogen-bond acceptors (Lipinski definition) is 6. The maximum atomic E-state index is 12.7. The van der Waals surface area contributed by atoms with Crippen molar-refractivity contribution in [1.82, 2.24) is 15.1 Å². The zero-order chi connectivity index (χ0) is 25.4. The molecule has 0 radical (unpaired) electrons. The van der Waals surface area contributed by atoms with Crippen molar-refractivity contribution in [2.24, 2.45) is 0 Å². The van der Waals surface area contributed by atoms with Gasteiger partial charge in [-0.05, 0) is 61.3 Å². The minimum atomic E-state index is 0.0129. The van der Waals surface area contributed by atoms with Crippen LogP contribution in [0, 0.1) is 13.8 Å². The highest BCUT2D eigenvalue weighted by molar-refractivity contribution is 7.80. The van der Waals surface area contributed by atoms with E-state index in [9.17, 15) is 4.79 Å². The van der Waals surface area contributed by atoms with E-state index in [1.54, 1.807) is 21.3 Å². The molecule has 3 rings (SSSR count). The van der Waals surface area contributed by atoms with Crippen molar-refractivity contribution in [2.75, 3.05) is 59.4 Å². The maximum absolute atomic E-state index is 12.7. The number of carbonyl (C=O) groups is 1. The first-order chi connectivity index (χ1) is 16.9. The highest BCUT2D eigenvalue weighted by Crippen LogP contribution is 2.38. The Balaban J connectivity index is 1.52. The second-order valence-electron chi connectivity index (χ2n) is 8.62. The van der Waals surface area contributed by atoms with Gasteiger partial charge in [-0.2, -0.15) is 0 Å². The van der Waals surface area contributed by atoms with Crippen LogP contribution in [0.2, 0.25) is 0 Å². The molecule has 2 aromatic rings. The number of nitrogens with zero attached hydrogens (tertiary/aromatic N) is 2. The fourth-order valence-electron chi connectivity index (χ4n) is 4.25. The minimum Gasteiger partial charge on any atom is -0.493 e. The Morgan fingerprint density at radius 3 is 2.23 bits per heavy atom. The SMILES string of the molecule is COc1cc(CNC(=S)N2CCCN(CC(=O)Nc3c(C)cccc3C)CC2)cc(OC)c1OC. The molecule has 2 aromatic carbocycles. The number of aryl methyl sites for hydroxylation is 2. The lowest BCUT2D eigenvalue weighted by atomic mass is 10.1. The van der Waals surface area contributed by atoms with Crippen LogP contribution in [0.25, 0.3) is 0 Å². The van der Waals surface area contributed by atoms with E-state index in [0.29, 0.717) is 35.5 Å². The molecule has 0 spiro atoms. The van der Waals surface area contributed by atoms with E-state index >= 15 is 0 Å². The van der Waals surface area contributed by atoms with Gasteiger partial charge in [0.15, 0.2) is 16.6 Å². The van der Waals surface area contributed by atoms with E-state index in [1.807, 2.05) is 44.2 Å². The lowest BCUT2D eigenvalue weighted by Crippen LogP contribution is -2.42. The Hall–Kier alpha value is -3.04. The number of amides is 1. The molecule has 0 aromatic heterocycles. The molecule has 9 heteroatoms. The first-order valence-corrected chi connectivity index (χ1v) is 12.2. The molecule has 0 unspecified atom stereocenters. The number of rotatable bonds is 8. The Morgan fingerprint density at radius 2 is 1.63 bits per heavy atom. The Labute approximate surface area is 213 Å².